The molecule has 1 aromatic rings. The first-order valence-corrected chi connectivity index (χ1v) is 14.2. The van der Waals surface area contributed by atoms with Crippen molar-refractivity contribution >= 4 is 29.7 Å². The number of alkyl carbamates (subject to hydrolysis) is 1. The molecule has 2 unspecified atom stereocenters. The van der Waals surface area contributed by atoms with Gasteiger partial charge in [0.25, 0.3) is 0 Å². The monoisotopic (exact) mass is 521 g/mol. The van der Waals surface area contributed by atoms with E-state index in [1.54, 1.807) is 32.5 Å². The Labute approximate surface area is 219 Å². The van der Waals surface area contributed by atoms with Crippen LogP contribution in [0.2, 0.25) is 0 Å². The molecule has 9 heteroatoms. The van der Waals surface area contributed by atoms with Crippen molar-refractivity contribution in [2.75, 3.05) is 25.2 Å². The summed E-state index contributed by atoms with van der Waals surface area (Å²) in [5.74, 6) is -0.0578. The highest BCUT2D eigenvalue weighted by atomic mass is 32.2. The third-order valence-electron chi connectivity index (χ3n) is 6.22. The van der Waals surface area contributed by atoms with Crippen LogP contribution in [0, 0.1) is 6.92 Å². The van der Waals surface area contributed by atoms with Gasteiger partial charge >= 0.3 is 6.09 Å². The summed E-state index contributed by atoms with van der Waals surface area (Å²) >= 11 is 1.56. The van der Waals surface area contributed by atoms with Crippen molar-refractivity contribution < 1.29 is 24.2 Å². The molecule has 202 valence electrons. The number of rotatable bonds is 11. The highest BCUT2D eigenvalue weighted by molar-refractivity contribution is 7.98. The van der Waals surface area contributed by atoms with Crippen LogP contribution in [0.5, 0.6) is 0 Å². The number of amides is 3. The Morgan fingerprint density at radius 2 is 1.83 bits per heavy atom. The van der Waals surface area contributed by atoms with Gasteiger partial charge in [0.1, 0.15) is 17.7 Å². The van der Waals surface area contributed by atoms with E-state index in [1.165, 1.54) is 4.90 Å². The Balaban J connectivity index is 2.40. The van der Waals surface area contributed by atoms with E-state index in [9.17, 15) is 19.5 Å². The number of benzene rings is 1. The maximum absolute atomic E-state index is 13.9. The molecule has 8 nitrogen and oxygen atoms in total. The SMILES string of the molecule is CSCCC(NC(=O)OC(C)(C)C)C(=O)N(CCO)C(C(=O)NC1CCCCC1)c1ccccc1C. The second-order valence-corrected chi connectivity index (χ2v) is 11.3. The Bertz CT molecular complexity index is 867. The lowest BCUT2D eigenvalue weighted by atomic mass is 9.93. The minimum Gasteiger partial charge on any atom is -0.444 e. The third-order valence-corrected chi connectivity index (χ3v) is 6.86. The molecule has 0 aromatic heterocycles. The molecule has 0 radical (unpaired) electrons. The summed E-state index contributed by atoms with van der Waals surface area (Å²) in [6.45, 7) is 6.82. The van der Waals surface area contributed by atoms with Crippen molar-refractivity contribution in [1.29, 1.82) is 0 Å². The van der Waals surface area contributed by atoms with E-state index < -0.39 is 29.7 Å². The third kappa shape index (κ3) is 9.32. The number of nitrogens with one attached hydrogen (secondary N) is 2. The van der Waals surface area contributed by atoms with Gasteiger partial charge in [0, 0.05) is 12.6 Å². The molecule has 36 heavy (non-hydrogen) atoms. The number of aryl methyl sites for hydroxylation is 1. The molecular formula is C27H43N3O5S. The average Bonchev–Trinajstić information content (AvgIpc) is 2.81. The van der Waals surface area contributed by atoms with Crippen LogP contribution < -0.4 is 10.6 Å². The van der Waals surface area contributed by atoms with Gasteiger partial charge in [-0.1, -0.05) is 43.5 Å². The molecule has 1 aliphatic rings. The van der Waals surface area contributed by atoms with Crippen LogP contribution in [0.3, 0.4) is 0 Å². The number of nitrogens with zero attached hydrogens (tertiary/aromatic N) is 1. The average molecular weight is 522 g/mol. The summed E-state index contributed by atoms with van der Waals surface area (Å²) < 4.78 is 5.39. The van der Waals surface area contributed by atoms with Crippen molar-refractivity contribution in [3.63, 3.8) is 0 Å². The zero-order chi connectivity index (χ0) is 26.7. The predicted molar refractivity (Wildman–Crippen MR) is 144 cm³/mol. The lowest BCUT2D eigenvalue weighted by molar-refractivity contribution is -0.143. The maximum Gasteiger partial charge on any atom is 0.408 e. The molecule has 0 heterocycles. The number of thioether (sulfide) groups is 1. The zero-order valence-corrected chi connectivity index (χ0v) is 23.2. The number of ether oxygens (including phenoxy) is 1. The summed E-state index contributed by atoms with van der Waals surface area (Å²) in [5, 5.41) is 15.8. The van der Waals surface area contributed by atoms with E-state index in [0.717, 1.165) is 37.7 Å². The Morgan fingerprint density at radius 1 is 1.17 bits per heavy atom. The van der Waals surface area contributed by atoms with Gasteiger partial charge < -0.3 is 25.4 Å². The molecule has 2 atom stereocenters. The quantitative estimate of drug-likeness (QED) is 0.407. The van der Waals surface area contributed by atoms with Crippen LogP contribution in [0.25, 0.3) is 0 Å². The van der Waals surface area contributed by atoms with Crippen molar-refractivity contribution in [3.05, 3.63) is 35.4 Å². The summed E-state index contributed by atoms with van der Waals surface area (Å²) in [5.41, 5.74) is 0.859. The van der Waals surface area contributed by atoms with E-state index in [0.29, 0.717) is 17.7 Å². The molecule has 0 aliphatic heterocycles. The molecule has 1 fully saturated rings. The van der Waals surface area contributed by atoms with E-state index in [-0.39, 0.29) is 25.1 Å². The maximum atomic E-state index is 13.9. The molecular weight excluding hydrogens is 478 g/mol. The van der Waals surface area contributed by atoms with Crippen LogP contribution in [-0.4, -0.2) is 70.8 Å². The van der Waals surface area contributed by atoms with E-state index in [2.05, 4.69) is 10.6 Å². The van der Waals surface area contributed by atoms with Gasteiger partial charge in [-0.3, -0.25) is 9.59 Å². The van der Waals surface area contributed by atoms with Gasteiger partial charge in [-0.2, -0.15) is 11.8 Å². The first-order valence-electron chi connectivity index (χ1n) is 12.8. The number of hydrogen-bond donors (Lipinski definition) is 3. The molecule has 1 aliphatic carbocycles. The summed E-state index contributed by atoms with van der Waals surface area (Å²) in [4.78, 5) is 41.6. The van der Waals surface area contributed by atoms with Crippen molar-refractivity contribution in [3.8, 4) is 0 Å². The fraction of sp³-hybridized carbons (Fsp3) is 0.667. The molecule has 1 aromatic carbocycles. The van der Waals surface area contributed by atoms with E-state index in [4.69, 9.17) is 4.74 Å². The van der Waals surface area contributed by atoms with Crippen LogP contribution >= 0.6 is 11.8 Å². The molecule has 0 bridgehead atoms. The summed E-state index contributed by atoms with van der Waals surface area (Å²) in [7, 11) is 0. The highest BCUT2D eigenvalue weighted by Gasteiger charge is 2.37. The lowest BCUT2D eigenvalue weighted by Gasteiger charge is -2.36. The van der Waals surface area contributed by atoms with Gasteiger partial charge in [0.2, 0.25) is 11.8 Å². The molecule has 2 rings (SSSR count). The molecule has 0 saturated heterocycles. The summed E-state index contributed by atoms with van der Waals surface area (Å²) in [6, 6.07) is 5.72. The molecule has 3 amide bonds. The summed E-state index contributed by atoms with van der Waals surface area (Å²) in [6.07, 6.45) is 6.72. The number of aliphatic hydroxyl groups excluding tert-OH is 1. The first-order chi connectivity index (χ1) is 17.1. The number of carbonyl (C=O) groups excluding carboxylic acids is 3. The fourth-order valence-electron chi connectivity index (χ4n) is 4.49. The van der Waals surface area contributed by atoms with Crippen LogP contribution in [0.15, 0.2) is 24.3 Å². The van der Waals surface area contributed by atoms with Crippen LogP contribution in [0.4, 0.5) is 4.79 Å². The Kier molecular flexibility index (Phi) is 12.0. The minimum absolute atomic E-state index is 0.0400. The first kappa shape index (κ1) is 30.0. The second-order valence-electron chi connectivity index (χ2n) is 10.3. The normalized spacial score (nSPS) is 16.1. The van der Waals surface area contributed by atoms with Gasteiger partial charge in [-0.25, -0.2) is 4.79 Å². The lowest BCUT2D eigenvalue weighted by Crippen LogP contribution is -2.54. The van der Waals surface area contributed by atoms with Gasteiger partial charge in [-0.15, -0.1) is 0 Å². The zero-order valence-electron chi connectivity index (χ0n) is 22.3. The topological polar surface area (TPSA) is 108 Å². The van der Waals surface area contributed by atoms with Gasteiger partial charge in [0.15, 0.2) is 0 Å². The molecule has 0 spiro atoms. The van der Waals surface area contributed by atoms with Crippen molar-refractivity contribution in [2.24, 2.45) is 0 Å². The predicted octanol–water partition coefficient (Wildman–Crippen LogP) is 3.95. The Morgan fingerprint density at radius 3 is 2.42 bits per heavy atom. The van der Waals surface area contributed by atoms with E-state index >= 15 is 0 Å². The minimum atomic E-state index is -0.926. The standard InChI is InChI=1S/C27H43N3O5S/c1-19-11-9-10-14-21(19)23(24(32)28-20-12-7-6-8-13-20)30(16-17-31)25(33)22(15-18-36-5)29-26(34)35-27(2,3)4/h9-11,14,20,22-23,31H,6-8,12-13,15-18H2,1-5H3,(H,28,32)(H,29,34). The van der Waals surface area contributed by atoms with Gasteiger partial charge in [-0.05, 0) is 70.1 Å². The second kappa shape index (κ2) is 14.5. The fourth-order valence-corrected chi connectivity index (χ4v) is 4.96. The highest BCUT2D eigenvalue weighted by Crippen LogP contribution is 2.27. The van der Waals surface area contributed by atoms with Crippen LogP contribution in [-0.2, 0) is 14.3 Å². The molecule has 3 N–H and O–H groups in total. The molecule has 1 saturated carbocycles. The number of hydrogen-bond acceptors (Lipinski definition) is 6. The Hall–Kier alpha value is -2.26. The largest absolute Gasteiger partial charge is 0.444 e. The number of carbonyl (C=O) groups is 3. The van der Waals surface area contributed by atoms with Gasteiger partial charge in [0.05, 0.1) is 6.61 Å². The van der Waals surface area contributed by atoms with E-state index in [1.807, 2.05) is 37.4 Å². The smallest absolute Gasteiger partial charge is 0.408 e. The van der Waals surface area contributed by atoms with Crippen LogP contribution in [0.1, 0.15) is 76.5 Å². The van der Waals surface area contributed by atoms with Crippen molar-refractivity contribution in [1.82, 2.24) is 15.5 Å². The number of aliphatic hydroxyl groups is 1. The van der Waals surface area contributed by atoms with Crippen molar-refractivity contribution in [2.45, 2.75) is 89.9 Å².